The minimum Gasteiger partial charge on any atom is -0.398 e. The van der Waals surface area contributed by atoms with E-state index in [1.54, 1.807) is 32.4 Å². The lowest BCUT2D eigenvalue weighted by Crippen LogP contribution is -2.24. The summed E-state index contributed by atoms with van der Waals surface area (Å²) in [6.45, 7) is 3.11. The largest absolute Gasteiger partial charge is 0.398 e. The van der Waals surface area contributed by atoms with E-state index in [-0.39, 0.29) is 16.7 Å². The van der Waals surface area contributed by atoms with Gasteiger partial charge < -0.3 is 16.0 Å². The number of carbonyl (C=O) groups is 1. The van der Waals surface area contributed by atoms with Crippen LogP contribution < -0.4 is 11.1 Å². The van der Waals surface area contributed by atoms with E-state index in [1.165, 1.54) is 4.90 Å². The molecule has 1 aromatic heterocycles. The quantitative estimate of drug-likeness (QED) is 0.825. The van der Waals surface area contributed by atoms with Gasteiger partial charge in [0.1, 0.15) is 11.6 Å². The van der Waals surface area contributed by atoms with E-state index >= 15 is 4.39 Å². The molecule has 1 spiro atoms. The Morgan fingerprint density at radius 3 is 2.80 bits per heavy atom. The molecule has 0 saturated heterocycles. The van der Waals surface area contributed by atoms with Crippen molar-refractivity contribution in [3.05, 3.63) is 41.3 Å². The van der Waals surface area contributed by atoms with Crippen LogP contribution in [0.5, 0.6) is 0 Å². The van der Waals surface area contributed by atoms with Gasteiger partial charge in [-0.25, -0.2) is 9.37 Å². The van der Waals surface area contributed by atoms with Gasteiger partial charge in [-0.05, 0) is 30.5 Å². The second-order valence-corrected chi connectivity index (χ2v) is 7.33. The molecule has 1 fully saturated rings. The number of halogens is 1. The highest BCUT2D eigenvalue weighted by molar-refractivity contribution is 6.00. The fraction of sp³-hybridized carbons (Fsp3) is 0.368. The molecule has 0 bridgehead atoms. The number of fused-ring (bicyclic) bond motifs is 2. The number of carbonyl (C=O) groups excluding carboxylic acids is 1. The van der Waals surface area contributed by atoms with Crippen LogP contribution in [0.15, 0.2) is 24.4 Å². The number of hydrogen-bond acceptors (Lipinski definition) is 4. The van der Waals surface area contributed by atoms with Gasteiger partial charge in [0.05, 0.1) is 5.56 Å². The van der Waals surface area contributed by atoms with Crippen LogP contribution in [0.2, 0.25) is 0 Å². The number of benzene rings is 1. The van der Waals surface area contributed by atoms with Gasteiger partial charge in [0.25, 0.3) is 5.91 Å². The Hall–Kier alpha value is -2.63. The van der Waals surface area contributed by atoms with E-state index in [0.29, 0.717) is 17.0 Å². The van der Waals surface area contributed by atoms with E-state index in [4.69, 9.17) is 5.73 Å². The standard InChI is InChI=1S/C19H21FN4O/c1-10-7-19(10)9-23-17-13(19)6-11(8-22-17)12-4-5-14(21)15(16(12)20)18(25)24(2)3/h4-6,8,10H,7,9,21H2,1-3H3,(H,22,23)/t10-,19+/m1/s1. The van der Waals surface area contributed by atoms with Crippen LogP contribution in [0.4, 0.5) is 15.9 Å². The molecular weight excluding hydrogens is 319 g/mol. The van der Waals surface area contributed by atoms with Crippen LogP contribution in [0.1, 0.15) is 29.3 Å². The minimum atomic E-state index is -0.593. The highest BCUT2D eigenvalue weighted by Crippen LogP contribution is 2.58. The normalized spacial score (nSPS) is 23.3. The van der Waals surface area contributed by atoms with Crippen molar-refractivity contribution < 1.29 is 9.18 Å². The maximum atomic E-state index is 15.1. The van der Waals surface area contributed by atoms with Crippen molar-refractivity contribution >= 4 is 17.4 Å². The first-order valence-electron chi connectivity index (χ1n) is 8.39. The summed E-state index contributed by atoms with van der Waals surface area (Å²) in [4.78, 5) is 18.1. The molecule has 0 radical (unpaired) electrons. The number of aromatic nitrogens is 1. The maximum absolute atomic E-state index is 15.1. The van der Waals surface area contributed by atoms with E-state index in [9.17, 15) is 4.79 Å². The van der Waals surface area contributed by atoms with Gasteiger partial charge >= 0.3 is 0 Å². The zero-order valence-electron chi connectivity index (χ0n) is 14.6. The SMILES string of the molecule is C[C@@H]1C[C@]12CNc1ncc(-c3ccc(N)c(C(=O)N(C)C)c3F)cc12. The van der Waals surface area contributed by atoms with Crippen molar-refractivity contribution in [3.63, 3.8) is 0 Å². The van der Waals surface area contributed by atoms with Crippen molar-refractivity contribution in [2.24, 2.45) is 5.92 Å². The lowest BCUT2D eigenvalue weighted by atomic mass is 9.94. The monoisotopic (exact) mass is 340 g/mol. The molecule has 2 heterocycles. The van der Waals surface area contributed by atoms with Crippen molar-refractivity contribution in [3.8, 4) is 11.1 Å². The minimum absolute atomic E-state index is 0.0874. The number of hydrogen-bond donors (Lipinski definition) is 2. The van der Waals surface area contributed by atoms with E-state index in [0.717, 1.165) is 24.3 Å². The van der Waals surface area contributed by atoms with Crippen LogP contribution in [0.25, 0.3) is 11.1 Å². The van der Waals surface area contributed by atoms with Crippen LogP contribution >= 0.6 is 0 Å². The summed E-state index contributed by atoms with van der Waals surface area (Å²) >= 11 is 0. The van der Waals surface area contributed by atoms with Gasteiger partial charge in [-0.2, -0.15) is 0 Å². The number of nitrogens with zero attached hydrogens (tertiary/aromatic N) is 2. The van der Waals surface area contributed by atoms with Gasteiger partial charge in [-0.1, -0.05) is 6.92 Å². The van der Waals surface area contributed by atoms with Crippen LogP contribution in [0.3, 0.4) is 0 Å². The van der Waals surface area contributed by atoms with Gasteiger partial charge in [0.15, 0.2) is 0 Å². The van der Waals surface area contributed by atoms with Crippen molar-refractivity contribution in [2.45, 2.75) is 18.8 Å². The zero-order valence-corrected chi connectivity index (χ0v) is 14.6. The molecule has 1 aliphatic carbocycles. The summed E-state index contributed by atoms with van der Waals surface area (Å²) in [5.74, 6) is 0.443. The number of rotatable bonds is 2. The number of nitrogens with one attached hydrogen (secondary N) is 1. The fourth-order valence-corrected chi connectivity index (χ4v) is 3.83. The summed E-state index contributed by atoms with van der Waals surface area (Å²) in [6.07, 6.45) is 2.77. The number of nitrogens with two attached hydrogens (primary N) is 1. The molecule has 2 atom stereocenters. The molecule has 1 aromatic carbocycles. The Bertz CT molecular complexity index is 895. The number of anilines is 2. The van der Waals surface area contributed by atoms with Gasteiger partial charge in [0.2, 0.25) is 0 Å². The fourth-order valence-electron chi connectivity index (χ4n) is 3.83. The predicted molar refractivity (Wildman–Crippen MR) is 96.0 cm³/mol. The summed E-state index contributed by atoms with van der Waals surface area (Å²) in [5, 5.41) is 3.34. The molecule has 5 nitrogen and oxygen atoms in total. The van der Waals surface area contributed by atoms with Gasteiger partial charge in [-0.3, -0.25) is 4.79 Å². The average Bonchev–Trinajstić information content (AvgIpc) is 3.09. The summed E-state index contributed by atoms with van der Waals surface area (Å²) < 4.78 is 15.1. The zero-order chi connectivity index (χ0) is 17.9. The lowest BCUT2D eigenvalue weighted by molar-refractivity contribution is 0.0824. The predicted octanol–water partition coefficient (Wildman–Crippen LogP) is 2.87. The molecule has 2 aliphatic rings. The topological polar surface area (TPSA) is 71.2 Å². The first-order valence-corrected chi connectivity index (χ1v) is 8.39. The van der Waals surface area contributed by atoms with Crippen LogP contribution in [-0.4, -0.2) is 36.4 Å². The Morgan fingerprint density at radius 1 is 1.44 bits per heavy atom. The molecule has 1 amide bonds. The molecule has 2 aromatic rings. The summed E-state index contributed by atoms with van der Waals surface area (Å²) in [6, 6.07) is 5.20. The van der Waals surface area contributed by atoms with Gasteiger partial charge in [-0.15, -0.1) is 0 Å². The van der Waals surface area contributed by atoms with E-state index in [1.807, 2.05) is 6.07 Å². The Labute approximate surface area is 146 Å². The first kappa shape index (κ1) is 15.9. The molecule has 6 heteroatoms. The third-order valence-corrected chi connectivity index (χ3v) is 5.55. The third-order valence-electron chi connectivity index (χ3n) is 5.55. The summed E-state index contributed by atoms with van der Waals surface area (Å²) in [7, 11) is 3.16. The van der Waals surface area contributed by atoms with Crippen LogP contribution in [-0.2, 0) is 5.41 Å². The third kappa shape index (κ3) is 2.20. The lowest BCUT2D eigenvalue weighted by Gasteiger charge is -2.16. The molecule has 1 saturated carbocycles. The molecule has 4 rings (SSSR count). The molecule has 3 N–H and O–H groups in total. The smallest absolute Gasteiger partial charge is 0.258 e. The molecule has 1 aliphatic heterocycles. The highest BCUT2D eigenvalue weighted by Gasteiger charge is 2.56. The maximum Gasteiger partial charge on any atom is 0.258 e. The van der Waals surface area contributed by atoms with Crippen molar-refractivity contribution in [1.82, 2.24) is 9.88 Å². The second-order valence-electron chi connectivity index (χ2n) is 7.33. The molecule has 0 unspecified atom stereocenters. The van der Waals surface area contributed by atoms with Crippen LogP contribution in [0, 0.1) is 11.7 Å². The van der Waals surface area contributed by atoms with E-state index < -0.39 is 11.7 Å². The molecule has 130 valence electrons. The number of pyridine rings is 1. The average molecular weight is 340 g/mol. The number of nitrogen functional groups attached to an aromatic ring is 1. The molecule has 25 heavy (non-hydrogen) atoms. The Morgan fingerprint density at radius 2 is 2.16 bits per heavy atom. The van der Waals surface area contributed by atoms with Crippen molar-refractivity contribution in [2.75, 3.05) is 31.7 Å². The van der Waals surface area contributed by atoms with Gasteiger partial charge in [0, 0.05) is 54.6 Å². The van der Waals surface area contributed by atoms with E-state index in [2.05, 4.69) is 17.2 Å². The highest BCUT2D eigenvalue weighted by atomic mass is 19.1. The van der Waals surface area contributed by atoms with Crippen molar-refractivity contribution in [1.29, 1.82) is 0 Å². The Balaban J connectivity index is 1.83. The Kier molecular flexibility index (Phi) is 3.29. The first-order chi connectivity index (χ1) is 11.8. The second kappa shape index (κ2) is 5.18. The summed E-state index contributed by atoms with van der Waals surface area (Å²) in [5.41, 5.74) is 8.21. The molecular formula is C19H21FN4O. The number of amides is 1.